The van der Waals surface area contributed by atoms with Gasteiger partial charge in [-0.2, -0.15) is 0 Å². The average Bonchev–Trinajstić information content (AvgIpc) is 3.01. The smallest absolute Gasteiger partial charge is 0.416 e. The molecule has 4 unspecified atom stereocenters. The molecule has 4 atom stereocenters. The average molecular weight is 235 g/mol. The third-order valence-corrected chi connectivity index (χ3v) is 4.41. The van der Waals surface area contributed by atoms with E-state index in [1.807, 2.05) is 0 Å². The molecule has 0 aromatic carbocycles. The first kappa shape index (κ1) is 10.8. The monoisotopic (exact) mass is 235 g/mol. The minimum Gasteiger partial charge on any atom is -0.447 e. The standard InChI is InChI=1S/C13H17NO3/c1-2-10-8-3-4-9(7-8)11(10)12(15)14-5-6-17-13(14)16/h3-4,8-11H,2,5-7H2,1H3. The molecule has 1 aliphatic heterocycles. The van der Waals surface area contributed by atoms with Crippen LogP contribution in [0.1, 0.15) is 19.8 Å². The highest BCUT2D eigenvalue weighted by molar-refractivity contribution is 5.95. The van der Waals surface area contributed by atoms with E-state index < -0.39 is 6.09 Å². The second kappa shape index (κ2) is 3.86. The molecular formula is C13H17NO3. The molecule has 0 N–H and O–H groups in total. The van der Waals surface area contributed by atoms with Gasteiger partial charge in [-0.05, 0) is 24.2 Å². The van der Waals surface area contributed by atoms with E-state index in [9.17, 15) is 9.59 Å². The van der Waals surface area contributed by atoms with Gasteiger partial charge < -0.3 is 4.74 Å². The Bertz CT molecular complexity index is 390. The van der Waals surface area contributed by atoms with Crippen LogP contribution in [0.15, 0.2) is 12.2 Å². The Labute approximate surface area is 101 Å². The number of rotatable bonds is 2. The quantitative estimate of drug-likeness (QED) is 0.686. The number of allylic oxidation sites excluding steroid dienone is 2. The highest BCUT2D eigenvalue weighted by Crippen LogP contribution is 2.50. The van der Waals surface area contributed by atoms with E-state index in [4.69, 9.17) is 4.74 Å². The number of fused-ring (bicyclic) bond motifs is 2. The van der Waals surface area contributed by atoms with E-state index in [0.29, 0.717) is 30.9 Å². The molecule has 4 nitrogen and oxygen atoms in total. The Morgan fingerprint density at radius 3 is 2.88 bits per heavy atom. The summed E-state index contributed by atoms with van der Waals surface area (Å²) in [6.07, 6.45) is 6.02. The summed E-state index contributed by atoms with van der Waals surface area (Å²) in [6, 6.07) is 0. The third-order valence-electron chi connectivity index (χ3n) is 4.41. The molecular weight excluding hydrogens is 218 g/mol. The number of nitrogens with zero attached hydrogens (tertiary/aromatic N) is 1. The van der Waals surface area contributed by atoms with Crippen LogP contribution < -0.4 is 0 Å². The molecule has 3 rings (SSSR count). The van der Waals surface area contributed by atoms with Crippen LogP contribution in [0.4, 0.5) is 4.79 Å². The molecule has 3 aliphatic rings. The van der Waals surface area contributed by atoms with Gasteiger partial charge in [0.1, 0.15) is 6.61 Å². The molecule has 2 amide bonds. The summed E-state index contributed by atoms with van der Waals surface area (Å²) in [6.45, 7) is 2.89. The van der Waals surface area contributed by atoms with Crippen molar-refractivity contribution in [1.29, 1.82) is 0 Å². The first-order chi connectivity index (χ1) is 8.22. The van der Waals surface area contributed by atoms with E-state index in [-0.39, 0.29) is 11.8 Å². The number of amides is 2. The van der Waals surface area contributed by atoms with Gasteiger partial charge in [-0.3, -0.25) is 4.79 Å². The fraction of sp³-hybridized carbons (Fsp3) is 0.692. The van der Waals surface area contributed by atoms with Crippen LogP contribution in [-0.4, -0.2) is 30.1 Å². The lowest BCUT2D eigenvalue weighted by Gasteiger charge is -2.28. The van der Waals surface area contributed by atoms with Crippen LogP contribution in [0.5, 0.6) is 0 Å². The zero-order chi connectivity index (χ0) is 12.0. The lowest BCUT2D eigenvalue weighted by atomic mass is 9.80. The Morgan fingerprint density at radius 2 is 2.24 bits per heavy atom. The molecule has 0 aromatic rings. The van der Waals surface area contributed by atoms with Crippen molar-refractivity contribution in [2.45, 2.75) is 19.8 Å². The maximum absolute atomic E-state index is 12.4. The van der Waals surface area contributed by atoms with E-state index in [1.54, 1.807) is 0 Å². The van der Waals surface area contributed by atoms with Crippen molar-refractivity contribution in [3.05, 3.63) is 12.2 Å². The normalized spacial score (nSPS) is 38.9. The van der Waals surface area contributed by atoms with Crippen LogP contribution in [0.2, 0.25) is 0 Å². The van der Waals surface area contributed by atoms with E-state index in [0.717, 1.165) is 12.8 Å². The molecule has 1 saturated carbocycles. The van der Waals surface area contributed by atoms with Gasteiger partial charge in [0.15, 0.2) is 0 Å². The van der Waals surface area contributed by atoms with Gasteiger partial charge in [-0.1, -0.05) is 25.5 Å². The fourth-order valence-electron chi connectivity index (χ4n) is 3.62. The van der Waals surface area contributed by atoms with Crippen LogP contribution in [-0.2, 0) is 9.53 Å². The molecule has 2 aliphatic carbocycles. The molecule has 17 heavy (non-hydrogen) atoms. The van der Waals surface area contributed by atoms with Crippen LogP contribution in [0.3, 0.4) is 0 Å². The number of ether oxygens (including phenoxy) is 1. The summed E-state index contributed by atoms with van der Waals surface area (Å²) in [5.74, 6) is 1.27. The molecule has 0 spiro atoms. The van der Waals surface area contributed by atoms with Crippen molar-refractivity contribution in [2.24, 2.45) is 23.7 Å². The van der Waals surface area contributed by atoms with Gasteiger partial charge in [0.2, 0.25) is 5.91 Å². The second-order valence-electron chi connectivity index (χ2n) is 5.15. The lowest BCUT2D eigenvalue weighted by molar-refractivity contribution is -0.134. The molecule has 0 radical (unpaired) electrons. The largest absolute Gasteiger partial charge is 0.447 e. The maximum Gasteiger partial charge on any atom is 0.416 e. The van der Waals surface area contributed by atoms with Gasteiger partial charge in [-0.25, -0.2) is 9.69 Å². The zero-order valence-corrected chi connectivity index (χ0v) is 9.96. The summed E-state index contributed by atoms with van der Waals surface area (Å²) < 4.78 is 4.84. The van der Waals surface area contributed by atoms with Gasteiger partial charge in [0, 0.05) is 5.92 Å². The van der Waals surface area contributed by atoms with Crippen LogP contribution in [0.25, 0.3) is 0 Å². The number of carbonyl (C=O) groups excluding carboxylic acids is 2. The topological polar surface area (TPSA) is 46.6 Å². The van der Waals surface area contributed by atoms with Crippen molar-refractivity contribution >= 4 is 12.0 Å². The fourth-order valence-corrected chi connectivity index (χ4v) is 3.62. The predicted octanol–water partition coefficient (Wildman–Crippen LogP) is 1.81. The minimum absolute atomic E-state index is 0.000602. The molecule has 4 heteroatoms. The van der Waals surface area contributed by atoms with Gasteiger partial charge >= 0.3 is 6.09 Å². The van der Waals surface area contributed by atoms with Gasteiger partial charge in [0.25, 0.3) is 0 Å². The zero-order valence-electron chi connectivity index (χ0n) is 9.96. The van der Waals surface area contributed by atoms with Crippen molar-refractivity contribution in [3.63, 3.8) is 0 Å². The van der Waals surface area contributed by atoms with Crippen molar-refractivity contribution in [3.8, 4) is 0 Å². The Balaban J connectivity index is 1.81. The molecule has 2 fully saturated rings. The Kier molecular flexibility index (Phi) is 2.45. The van der Waals surface area contributed by atoms with E-state index in [1.165, 1.54) is 4.90 Å². The number of carbonyl (C=O) groups is 2. The highest BCUT2D eigenvalue weighted by atomic mass is 16.6. The molecule has 1 heterocycles. The summed E-state index contributed by atoms with van der Waals surface area (Å²) in [4.78, 5) is 25.1. The highest BCUT2D eigenvalue weighted by Gasteiger charge is 2.49. The van der Waals surface area contributed by atoms with Crippen molar-refractivity contribution in [1.82, 2.24) is 4.90 Å². The van der Waals surface area contributed by atoms with Crippen LogP contribution in [0, 0.1) is 23.7 Å². The first-order valence-corrected chi connectivity index (χ1v) is 6.39. The SMILES string of the molecule is CCC1C2C=CC(C2)C1C(=O)N1CCOC1=O. The third kappa shape index (κ3) is 1.50. The number of hydrogen-bond donors (Lipinski definition) is 0. The number of imide groups is 1. The van der Waals surface area contributed by atoms with Crippen molar-refractivity contribution in [2.75, 3.05) is 13.2 Å². The van der Waals surface area contributed by atoms with Gasteiger partial charge in [-0.15, -0.1) is 0 Å². The summed E-state index contributed by atoms with van der Waals surface area (Å²) in [5.41, 5.74) is 0. The minimum atomic E-state index is -0.461. The predicted molar refractivity (Wildman–Crippen MR) is 61.1 cm³/mol. The van der Waals surface area contributed by atoms with Crippen molar-refractivity contribution < 1.29 is 14.3 Å². The lowest BCUT2D eigenvalue weighted by Crippen LogP contribution is -2.41. The van der Waals surface area contributed by atoms with Crippen LogP contribution >= 0.6 is 0 Å². The summed E-state index contributed by atoms with van der Waals surface area (Å²) in [5, 5.41) is 0. The Hall–Kier alpha value is -1.32. The van der Waals surface area contributed by atoms with E-state index in [2.05, 4.69) is 19.1 Å². The molecule has 0 aromatic heterocycles. The van der Waals surface area contributed by atoms with E-state index >= 15 is 0 Å². The molecule has 2 bridgehead atoms. The number of hydrogen-bond acceptors (Lipinski definition) is 3. The maximum atomic E-state index is 12.4. The number of cyclic esters (lactones) is 1. The van der Waals surface area contributed by atoms with Gasteiger partial charge in [0.05, 0.1) is 6.54 Å². The summed E-state index contributed by atoms with van der Waals surface area (Å²) in [7, 11) is 0. The summed E-state index contributed by atoms with van der Waals surface area (Å²) >= 11 is 0. The molecule has 1 saturated heterocycles. The second-order valence-corrected chi connectivity index (χ2v) is 5.15. The Morgan fingerprint density at radius 1 is 1.47 bits per heavy atom. The first-order valence-electron chi connectivity index (χ1n) is 6.39. The molecule has 92 valence electrons.